The molecule has 1 atom stereocenters. The van der Waals surface area contributed by atoms with Crippen molar-refractivity contribution in [2.24, 2.45) is 0 Å². The predicted molar refractivity (Wildman–Crippen MR) is 70.8 cm³/mol. The number of rotatable bonds is 4. The van der Waals surface area contributed by atoms with Gasteiger partial charge in [-0.05, 0) is 17.7 Å². The van der Waals surface area contributed by atoms with Crippen molar-refractivity contribution in [3.63, 3.8) is 0 Å². The molecule has 1 aromatic heterocycles. The van der Waals surface area contributed by atoms with Crippen LogP contribution in [0.2, 0.25) is 5.15 Å². The largest absolute Gasteiger partial charge is 0.387 e. The number of carbonyl (C=O) groups excluding carboxylic acids is 1. The van der Waals surface area contributed by atoms with Crippen LogP contribution in [-0.2, 0) is 0 Å². The molecule has 1 amide bonds. The van der Waals surface area contributed by atoms with Crippen molar-refractivity contribution in [1.29, 1.82) is 0 Å². The SMILES string of the molecule is O=C(NCC(O)c1ccccc1)c1ccc(Cl)nn1. The molecule has 1 unspecified atom stereocenters. The van der Waals surface area contributed by atoms with Crippen LogP contribution in [0.4, 0.5) is 0 Å². The lowest BCUT2D eigenvalue weighted by Crippen LogP contribution is -2.29. The number of aliphatic hydroxyl groups is 1. The summed E-state index contributed by atoms with van der Waals surface area (Å²) >= 11 is 5.58. The Kier molecular flexibility index (Phi) is 4.43. The molecule has 98 valence electrons. The van der Waals surface area contributed by atoms with Crippen molar-refractivity contribution >= 4 is 17.5 Å². The maximum atomic E-state index is 11.7. The van der Waals surface area contributed by atoms with Crippen molar-refractivity contribution in [3.8, 4) is 0 Å². The van der Waals surface area contributed by atoms with Crippen molar-refractivity contribution in [1.82, 2.24) is 15.5 Å². The minimum Gasteiger partial charge on any atom is -0.387 e. The highest BCUT2D eigenvalue weighted by Gasteiger charge is 2.11. The number of nitrogens with zero attached hydrogens (tertiary/aromatic N) is 2. The Hall–Kier alpha value is -1.98. The number of halogens is 1. The second-order valence-electron chi connectivity index (χ2n) is 3.88. The Morgan fingerprint density at radius 2 is 1.95 bits per heavy atom. The molecule has 0 saturated carbocycles. The van der Waals surface area contributed by atoms with Crippen LogP contribution in [0.25, 0.3) is 0 Å². The molecule has 5 nitrogen and oxygen atoms in total. The summed E-state index contributed by atoms with van der Waals surface area (Å²) < 4.78 is 0. The molecule has 0 bridgehead atoms. The molecule has 0 radical (unpaired) electrons. The third-order valence-electron chi connectivity index (χ3n) is 2.50. The van der Waals surface area contributed by atoms with Crippen LogP contribution in [0.3, 0.4) is 0 Å². The molecule has 2 N–H and O–H groups in total. The smallest absolute Gasteiger partial charge is 0.271 e. The summed E-state index contributed by atoms with van der Waals surface area (Å²) in [7, 11) is 0. The molecule has 0 aliphatic carbocycles. The van der Waals surface area contributed by atoms with E-state index in [1.54, 1.807) is 12.1 Å². The average Bonchev–Trinajstić information content (AvgIpc) is 2.46. The van der Waals surface area contributed by atoms with Gasteiger partial charge >= 0.3 is 0 Å². The first kappa shape index (κ1) is 13.5. The summed E-state index contributed by atoms with van der Waals surface area (Å²) in [4.78, 5) is 11.7. The third kappa shape index (κ3) is 3.74. The first-order chi connectivity index (χ1) is 9.16. The fraction of sp³-hybridized carbons (Fsp3) is 0.154. The molecule has 0 saturated heterocycles. The van der Waals surface area contributed by atoms with Crippen molar-refractivity contribution in [2.45, 2.75) is 6.10 Å². The van der Waals surface area contributed by atoms with E-state index in [-0.39, 0.29) is 17.4 Å². The van der Waals surface area contributed by atoms with Gasteiger partial charge in [-0.2, -0.15) is 0 Å². The minimum atomic E-state index is -0.759. The fourth-order valence-electron chi connectivity index (χ4n) is 1.51. The highest BCUT2D eigenvalue weighted by atomic mass is 35.5. The first-order valence-corrected chi connectivity index (χ1v) is 6.05. The molecule has 1 heterocycles. The van der Waals surface area contributed by atoms with Crippen LogP contribution in [-0.4, -0.2) is 27.8 Å². The van der Waals surface area contributed by atoms with E-state index in [9.17, 15) is 9.90 Å². The topological polar surface area (TPSA) is 75.1 Å². The number of hydrogen-bond acceptors (Lipinski definition) is 4. The maximum absolute atomic E-state index is 11.7. The quantitative estimate of drug-likeness (QED) is 0.890. The van der Waals surface area contributed by atoms with E-state index in [4.69, 9.17) is 11.6 Å². The van der Waals surface area contributed by atoms with Gasteiger partial charge in [0.2, 0.25) is 0 Å². The number of aromatic nitrogens is 2. The summed E-state index contributed by atoms with van der Waals surface area (Å²) in [6, 6.07) is 12.0. The van der Waals surface area contributed by atoms with Crippen LogP contribution < -0.4 is 5.32 Å². The highest BCUT2D eigenvalue weighted by Crippen LogP contribution is 2.10. The van der Waals surface area contributed by atoms with Gasteiger partial charge in [0.15, 0.2) is 10.8 Å². The first-order valence-electron chi connectivity index (χ1n) is 5.67. The Morgan fingerprint density at radius 3 is 2.58 bits per heavy atom. The van der Waals surface area contributed by atoms with Crippen molar-refractivity contribution in [3.05, 3.63) is 58.9 Å². The summed E-state index contributed by atoms with van der Waals surface area (Å²) in [5, 5.41) is 19.9. The number of hydrogen-bond donors (Lipinski definition) is 2. The molecule has 0 fully saturated rings. The zero-order chi connectivity index (χ0) is 13.7. The normalized spacial score (nSPS) is 11.9. The Balaban J connectivity index is 1.92. The van der Waals surface area contributed by atoms with Gasteiger partial charge in [-0.25, -0.2) is 0 Å². The van der Waals surface area contributed by atoms with E-state index in [0.717, 1.165) is 5.56 Å². The fourth-order valence-corrected chi connectivity index (χ4v) is 1.61. The van der Waals surface area contributed by atoms with Gasteiger partial charge in [-0.15, -0.1) is 10.2 Å². The Labute approximate surface area is 115 Å². The van der Waals surface area contributed by atoms with E-state index < -0.39 is 12.0 Å². The van der Waals surface area contributed by atoms with Crippen LogP contribution in [0.15, 0.2) is 42.5 Å². The van der Waals surface area contributed by atoms with Gasteiger partial charge in [-0.1, -0.05) is 41.9 Å². The number of nitrogens with one attached hydrogen (secondary N) is 1. The number of aliphatic hydroxyl groups excluding tert-OH is 1. The lowest BCUT2D eigenvalue weighted by atomic mass is 10.1. The predicted octanol–water partition coefficient (Wildman–Crippen LogP) is 1.59. The molecule has 0 aliphatic heterocycles. The molecule has 2 rings (SSSR count). The lowest BCUT2D eigenvalue weighted by Gasteiger charge is -2.11. The molecule has 0 aliphatic rings. The molecular weight excluding hydrogens is 266 g/mol. The molecule has 0 spiro atoms. The molecule has 19 heavy (non-hydrogen) atoms. The molecular formula is C13H12ClN3O2. The van der Waals surface area contributed by atoms with Gasteiger partial charge in [-0.3, -0.25) is 4.79 Å². The minimum absolute atomic E-state index is 0.104. The van der Waals surface area contributed by atoms with E-state index in [2.05, 4.69) is 15.5 Å². The second-order valence-corrected chi connectivity index (χ2v) is 4.27. The standard InChI is InChI=1S/C13H12ClN3O2/c14-12-7-6-10(16-17-12)13(19)15-8-11(18)9-4-2-1-3-5-9/h1-7,11,18H,8H2,(H,15,19). The average molecular weight is 278 g/mol. The summed E-state index contributed by atoms with van der Waals surface area (Å²) in [5.74, 6) is -0.404. The summed E-state index contributed by atoms with van der Waals surface area (Å²) in [6.07, 6.45) is -0.759. The molecule has 6 heteroatoms. The van der Waals surface area contributed by atoms with E-state index in [1.807, 2.05) is 18.2 Å². The van der Waals surface area contributed by atoms with Crippen LogP contribution in [0.1, 0.15) is 22.2 Å². The number of amides is 1. The van der Waals surface area contributed by atoms with Crippen LogP contribution >= 0.6 is 11.6 Å². The van der Waals surface area contributed by atoms with Gasteiger partial charge in [0.05, 0.1) is 6.10 Å². The Bertz CT molecular complexity index is 546. The van der Waals surface area contributed by atoms with E-state index >= 15 is 0 Å². The third-order valence-corrected chi connectivity index (χ3v) is 2.71. The summed E-state index contributed by atoms with van der Waals surface area (Å²) in [5.41, 5.74) is 0.898. The maximum Gasteiger partial charge on any atom is 0.271 e. The Morgan fingerprint density at radius 1 is 1.21 bits per heavy atom. The van der Waals surface area contributed by atoms with Gasteiger partial charge in [0.1, 0.15) is 0 Å². The van der Waals surface area contributed by atoms with Crippen LogP contribution in [0, 0.1) is 0 Å². The highest BCUT2D eigenvalue weighted by molar-refractivity contribution is 6.29. The second kappa shape index (κ2) is 6.26. The van der Waals surface area contributed by atoms with Gasteiger partial charge in [0.25, 0.3) is 5.91 Å². The van der Waals surface area contributed by atoms with Gasteiger partial charge in [0, 0.05) is 6.54 Å². The lowest BCUT2D eigenvalue weighted by molar-refractivity contribution is 0.0910. The van der Waals surface area contributed by atoms with Crippen LogP contribution in [0.5, 0.6) is 0 Å². The summed E-state index contributed by atoms with van der Waals surface area (Å²) in [6.45, 7) is 0.104. The molecule has 2 aromatic rings. The number of benzene rings is 1. The van der Waals surface area contributed by atoms with Crippen molar-refractivity contribution in [2.75, 3.05) is 6.54 Å². The van der Waals surface area contributed by atoms with E-state index in [0.29, 0.717) is 0 Å². The van der Waals surface area contributed by atoms with Crippen molar-refractivity contribution < 1.29 is 9.90 Å². The van der Waals surface area contributed by atoms with Gasteiger partial charge < -0.3 is 10.4 Å². The zero-order valence-corrected chi connectivity index (χ0v) is 10.7. The zero-order valence-electron chi connectivity index (χ0n) is 9.95. The molecule has 1 aromatic carbocycles. The number of carbonyl (C=O) groups is 1. The monoisotopic (exact) mass is 277 g/mol. The van der Waals surface area contributed by atoms with E-state index in [1.165, 1.54) is 12.1 Å².